The molecule has 9 heteroatoms. The molecule has 7 nitrogen and oxygen atoms in total. The van der Waals surface area contributed by atoms with E-state index in [4.69, 9.17) is 9.47 Å². The van der Waals surface area contributed by atoms with Crippen LogP contribution < -0.4 is 14.8 Å². The molecule has 0 atom stereocenters. The number of benzene rings is 2. The van der Waals surface area contributed by atoms with Crippen molar-refractivity contribution in [2.75, 3.05) is 20.5 Å². The van der Waals surface area contributed by atoms with Gasteiger partial charge < -0.3 is 14.8 Å². The van der Waals surface area contributed by atoms with Crippen LogP contribution in [-0.4, -0.2) is 41.1 Å². The third kappa shape index (κ3) is 4.09. The fourth-order valence-electron chi connectivity index (χ4n) is 2.64. The van der Waals surface area contributed by atoms with Gasteiger partial charge in [0.15, 0.2) is 11.0 Å². The molecule has 0 bridgehead atoms. The number of thioether (sulfide) groups is 1. The molecular weight excluding hydrogens is 383 g/mol. The molecule has 0 aliphatic carbocycles. The van der Waals surface area contributed by atoms with Gasteiger partial charge in [-0.25, -0.2) is 4.39 Å². The Kier molecular flexibility index (Phi) is 6.15. The van der Waals surface area contributed by atoms with E-state index in [1.165, 1.54) is 31.0 Å². The summed E-state index contributed by atoms with van der Waals surface area (Å²) in [7, 11) is 3.03. The highest BCUT2D eigenvalue weighted by Crippen LogP contribution is 2.25. The van der Waals surface area contributed by atoms with Crippen molar-refractivity contribution < 1.29 is 18.7 Å². The molecule has 2 aromatic carbocycles. The summed E-state index contributed by atoms with van der Waals surface area (Å²) in [5.74, 6) is 0.871. The number of nitrogens with zero attached hydrogens (tertiary/aromatic N) is 3. The fraction of sp³-hybridized carbons (Fsp3) is 0.211. The summed E-state index contributed by atoms with van der Waals surface area (Å²) in [5.41, 5.74) is 1.09. The van der Waals surface area contributed by atoms with Crippen molar-refractivity contribution >= 4 is 17.7 Å². The molecule has 3 aromatic rings. The molecule has 0 fully saturated rings. The van der Waals surface area contributed by atoms with Crippen molar-refractivity contribution in [1.29, 1.82) is 0 Å². The van der Waals surface area contributed by atoms with Gasteiger partial charge in [-0.2, -0.15) is 0 Å². The van der Waals surface area contributed by atoms with E-state index < -0.39 is 0 Å². The maximum absolute atomic E-state index is 13.3. The maximum Gasteiger partial charge on any atom is 0.255 e. The van der Waals surface area contributed by atoms with Gasteiger partial charge in [0.05, 0.1) is 26.3 Å². The first-order valence-electron chi connectivity index (χ1n) is 8.31. The lowest BCUT2D eigenvalue weighted by Gasteiger charge is -2.12. The summed E-state index contributed by atoms with van der Waals surface area (Å²) >= 11 is 1.41. The summed E-state index contributed by atoms with van der Waals surface area (Å²) < 4.78 is 25.4. The highest BCUT2D eigenvalue weighted by Gasteiger charge is 2.17. The minimum Gasteiger partial charge on any atom is -0.497 e. The van der Waals surface area contributed by atoms with Gasteiger partial charge in [-0.05, 0) is 42.7 Å². The van der Waals surface area contributed by atoms with Gasteiger partial charge >= 0.3 is 0 Å². The normalized spacial score (nSPS) is 10.6. The molecule has 0 radical (unpaired) electrons. The number of halogens is 1. The summed E-state index contributed by atoms with van der Waals surface area (Å²) in [6, 6.07) is 11.0. The summed E-state index contributed by atoms with van der Waals surface area (Å²) in [6.07, 6.45) is 1.87. The molecule has 0 aliphatic heterocycles. The fourth-order valence-corrected chi connectivity index (χ4v) is 3.15. The molecule has 28 heavy (non-hydrogen) atoms. The number of carbonyl (C=O) groups is 1. The van der Waals surface area contributed by atoms with Gasteiger partial charge in [0.2, 0.25) is 0 Å². The van der Waals surface area contributed by atoms with Gasteiger partial charge in [-0.15, -0.1) is 10.2 Å². The Hall–Kier alpha value is -3.07. The molecule has 0 saturated heterocycles. The Morgan fingerprint density at radius 2 is 1.89 bits per heavy atom. The second-order valence-electron chi connectivity index (χ2n) is 5.66. The maximum atomic E-state index is 13.3. The Morgan fingerprint density at radius 1 is 1.14 bits per heavy atom. The molecule has 1 N–H and O–H groups in total. The topological polar surface area (TPSA) is 78.3 Å². The summed E-state index contributed by atoms with van der Waals surface area (Å²) in [6.45, 7) is 0.138. The van der Waals surface area contributed by atoms with E-state index in [0.717, 1.165) is 0 Å². The molecule has 146 valence electrons. The zero-order valence-electron chi connectivity index (χ0n) is 15.6. The molecule has 0 aliphatic rings. The van der Waals surface area contributed by atoms with Crippen LogP contribution in [0.4, 0.5) is 4.39 Å². The third-order valence-electron chi connectivity index (χ3n) is 4.03. The number of amides is 1. The van der Waals surface area contributed by atoms with E-state index in [9.17, 15) is 9.18 Å². The minimum atomic E-state index is -0.330. The van der Waals surface area contributed by atoms with E-state index in [0.29, 0.717) is 33.7 Å². The summed E-state index contributed by atoms with van der Waals surface area (Å²) in [5, 5.41) is 11.7. The number of hydrogen-bond donors (Lipinski definition) is 1. The lowest BCUT2D eigenvalue weighted by atomic mass is 10.1. The number of hydrogen-bond acceptors (Lipinski definition) is 6. The third-order valence-corrected chi connectivity index (χ3v) is 4.66. The SMILES string of the molecule is COc1ccc(C(=O)NCc2nnc(SC)n2-c2ccc(F)cc2)c(OC)c1. The first kappa shape index (κ1) is 19.7. The van der Waals surface area contributed by atoms with Crippen LogP contribution in [-0.2, 0) is 6.54 Å². The standard InChI is InChI=1S/C19H19FN4O3S/c1-26-14-8-9-15(16(10-14)27-2)18(25)21-11-17-22-23-19(28-3)24(17)13-6-4-12(20)5-7-13/h4-10H,11H2,1-3H3,(H,21,25). The number of aromatic nitrogens is 3. The van der Waals surface area contributed by atoms with Crippen LogP contribution in [0.2, 0.25) is 0 Å². The molecule has 1 amide bonds. The Balaban J connectivity index is 1.83. The first-order valence-corrected chi connectivity index (χ1v) is 9.54. The van der Waals surface area contributed by atoms with E-state index in [1.807, 2.05) is 6.26 Å². The van der Waals surface area contributed by atoms with Crippen LogP contribution in [0.5, 0.6) is 11.5 Å². The van der Waals surface area contributed by atoms with E-state index in [-0.39, 0.29) is 18.3 Å². The van der Waals surface area contributed by atoms with Crippen molar-refractivity contribution in [3.8, 4) is 17.2 Å². The second-order valence-corrected chi connectivity index (χ2v) is 6.44. The number of nitrogens with one attached hydrogen (secondary N) is 1. The van der Waals surface area contributed by atoms with Crippen LogP contribution >= 0.6 is 11.8 Å². The van der Waals surface area contributed by atoms with E-state index in [1.54, 1.807) is 42.0 Å². The average Bonchev–Trinajstić information content (AvgIpc) is 3.15. The van der Waals surface area contributed by atoms with Gasteiger partial charge in [-0.1, -0.05) is 11.8 Å². The highest BCUT2D eigenvalue weighted by atomic mass is 32.2. The van der Waals surface area contributed by atoms with Gasteiger partial charge in [-0.3, -0.25) is 9.36 Å². The predicted octanol–water partition coefficient (Wildman–Crippen LogP) is 3.08. The highest BCUT2D eigenvalue weighted by molar-refractivity contribution is 7.98. The zero-order valence-corrected chi connectivity index (χ0v) is 16.4. The first-order chi connectivity index (χ1) is 13.6. The average molecular weight is 402 g/mol. The Morgan fingerprint density at radius 3 is 2.54 bits per heavy atom. The lowest BCUT2D eigenvalue weighted by Crippen LogP contribution is -2.25. The molecule has 1 heterocycles. The largest absolute Gasteiger partial charge is 0.497 e. The monoisotopic (exact) mass is 402 g/mol. The number of methoxy groups -OCH3 is 2. The van der Waals surface area contributed by atoms with E-state index >= 15 is 0 Å². The molecule has 0 spiro atoms. The Bertz CT molecular complexity index is 976. The molecular formula is C19H19FN4O3S. The van der Waals surface area contributed by atoms with Crippen molar-refractivity contribution in [2.45, 2.75) is 11.7 Å². The number of rotatable bonds is 7. The molecule has 0 saturated carbocycles. The minimum absolute atomic E-state index is 0.138. The van der Waals surface area contributed by atoms with Crippen molar-refractivity contribution in [3.63, 3.8) is 0 Å². The smallest absolute Gasteiger partial charge is 0.255 e. The lowest BCUT2D eigenvalue weighted by molar-refractivity contribution is 0.0946. The van der Waals surface area contributed by atoms with Crippen LogP contribution in [0.1, 0.15) is 16.2 Å². The van der Waals surface area contributed by atoms with Crippen molar-refractivity contribution in [2.24, 2.45) is 0 Å². The molecule has 3 rings (SSSR count). The van der Waals surface area contributed by atoms with Gasteiger partial charge in [0.25, 0.3) is 5.91 Å². The zero-order chi connectivity index (χ0) is 20.1. The number of carbonyl (C=O) groups excluding carboxylic acids is 1. The van der Waals surface area contributed by atoms with Gasteiger partial charge in [0.1, 0.15) is 17.3 Å². The quantitative estimate of drug-likeness (QED) is 0.612. The molecule has 0 unspecified atom stereocenters. The van der Waals surface area contributed by atoms with Gasteiger partial charge in [0, 0.05) is 11.8 Å². The summed E-state index contributed by atoms with van der Waals surface area (Å²) in [4.78, 5) is 12.6. The molecule has 1 aromatic heterocycles. The second kappa shape index (κ2) is 8.75. The van der Waals surface area contributed by atoms with Crippen LogP contribution in [0.15, 0.2) is 47.6 Å². The van der Waals surface area contributed by atoms with Crippen LogP contribution in [0.3, 0.4) is 0 Å². The van der Waals surface area contributed by atoms with Crippen molar-refractivity contribution in [3.05, 3.63) is 59.7 Å². The number of ether oxygens (including phenoxy) is 2. The van der Waals surface area contributed by atoms with Crippen LogP contribution in [0, 0.1) is 5.82 Å². The Labute approximate surface area is 165 Å². The van der Waals surface area contributed by atoms with Crippen molar-refractivity contribution in [1.82, 2.24) is 20.1 Å². The van der Waals surface area contributed by atoms with E-state index in [2.05, 4.69) is 15.5 Å². The predicted molar refractivity (Wildman–Crippen MR) is 104 cm³/mol. The van der Waals surface area contributed by atoms with Crippen LogP contribution in [0.25, 0.3) is 5.69 Å².